The smallest absolute Gasteiger partial charge is 0.255 e. The van der Waals surface area contributed by atoms with Crippen LogP contribution in [0, 0.1) is 0 Å². The molecule has 0 saturated heterocycles. The summed E-state index contributed by atoms with van der Waals surface area (Å²) in [7, 11) is 1.56. The summed E-state index contributed by atoms with van der Waals surface area (Å²) in [5.41, 5.74) is 1.77. The van der Waals surface area contributed by atoms with Crippen molar-refractivity contribution in [1.82, 2.24) is 20.2 Å². The van der Waals surface area contributed by atoms with Crippen molar-refractivity contribution in [2.24, 2.45) is 0 Å². The van der Waals surface area contributed by atoms with E-state index in [0.29, 0.717) is 29.3 Å². The number of rotatable bonds is 8. The molecule has 0 fully saturated rings. The van der Waals surface area contributed by atoms with Crippen LogP contribution in [0.25, 0.3) is 5.69 Å². The molecule has 0 atom stereocenters. The maximum Gasteiger partial charge on any atom is 0.255 e. The fourth-order valence-corrected chi connectivity index (χ4v) is 2.46. The normalized spacial score (nSPS) is 10.4. The minimum Gasteiger partial charge on any atom is -0.494 e. The lowest BCUT2D eigenvalue weighted by molar-refractivity contribution is 0.102. The van der Waals surface area contributed by atoms with E-state index in [9.17, 15) is 4.79 Å². The van der Waals surface area contributed by atoms with Gasteiger partial charge in [-0.3, -0.25) is 4.79 Å². The molecule has 8 nitrogen and oxygen atoms in total. The SMILES string of the molecule is CCCCOc1ccc(C(=O)Nc2ccc(OC)c(-n3cnnn3)c2)cc1. The molecule has 0 radical (unpaired) electrons. The first-order valence-electron chi connectivity index (χ1n) is 8.67. The van der Waals surface area contributed by atoms with Crippen molar-refractivity contribution in [2.45, 2.75) is 19.8 Å². The van der Waals surface area contributed by atoms with Crippen LogP contribution < -0.4 is 14.8 Å². The van der Waals surface area contributed by atoms with Gasteiger partial charge in [0.25, 0.3) is 5.91 Å². The Balaban J connectivity index is 1.71. The van der Waals surface area contributed by atoms with E-state index in [2.05, 4.69) is 27.8 Å². The van der Waals surface area contributed by atoms with Gasteiger partial charge in [0.1, 0.15) is 23.5 Å². The minimum atomic E-state index is -0.219. The third-order valence-corrected chi connectivity index (χ3v) is 3.92. The van der Waals surface area contributed by atoms with Crippen LogP contribution in [0.2, 0.25) is 0 Å². The van der Waals surface area contributed by atoms with Crippen LogP contribution >= 0.6 is 0 Å². The highest BCUT2D eigenvalue weighted by Gasteiger charge is 2.11. The van der Waals surface area contributed by atoms with Crippen LogP contribution in [0.15, 0.2) is 48.8 Å². The lowest BCUT2D eigenvalue weighted by Crippen LogP contribution is -2.12. The van der Waals surface area contributed by atoms with Crippen molar-refractivity contribution in [3.05, 3.63) is 54.4 Å². The fraction of sp³-hybridized carbons (Fsp3) is 0.263. The predicted molar refractivity (Wildman–Crippen MR) is 101 cm³/mol. The maximum absolute atomic E-state index is 12.5. The van der Waals surface area contributed by atoms with Crippen molar-refractivity contribution < 1.29 is 14.3 Å². The highest BCUT2D eigenvalue weighted by Crippen LogP contribution is 2.26. The number of amides is 1. The van der Waals surface area contributed by atoms with Crippen LogP contribution in [-0.4, -0.2) is 39.8 Å². The van der Waals surface area contributed by atoms with E-state index in [1.54, 1.807) is 49.6 Å². The Labute approximate surface area is 157 Å². The number of nitrogens with one attached hydrogen (secondary N) is 1. The maximum atomic E-state index is 12.5. The first-order chi connectivity index (χ1) is 13.2. The molecule has 1 heterocycles. The molecule has 0 unspecified atom stereocenters. The molecular weight excluding hydrogens is 346 g/mol. The van der Waals surface area contributed by atoms with Crippen LogP contribution in [0.1, 0.15) is 30.1 Å². The zero-order valence-corrected chi connectivity index (χ0v) is 15.3. The molecule has 8 heteroatoms. The van der Waals surface area contributed by atoms with Gasteiger partial charge in [0, 0.05) is 11.3 Å². The standard InChI is InChI=1S/C19H21N5O3/c1-3-4-11-27-16-8-5-14(6-9-16)19(25)21-15-7-10-18(26-2)17(12-15)24-13-20-22-23-24/h5-10,12-13H,3-4,11H2,1-2H3,(H,21,25). The third kappa shape index (κ3) is 4.60. The van der Waals surface area contributed by atoms with Gasteiger partial charge < -0.3 is 14.8 Å². The summed E-state index contributed by atoms with van der Waals surface area (Å²) < 4.78 is 12.4. The molecular formula is C19H21N5O3. The number of nitrogens with zero attached hydrogens (tertiary/aromatic N) is 4. The molecule has 1 amide bonds. The summed E-state index contributed by atoms with van der Waals surface area (Å²) in [6.07, 6.45) is 3.54. The zero-order valence-electron chi connectivity index (χ0n) is 15.3. The number of hydrogen-bond acceptors (Lipinski definition) is 6. The Hall–Kier alpha value is -3.42. The quantitative estimate of drug-likeness (QED) is 0.615. The molecule has 0 aliphatic heterocycles. The molecule has 3 aromatic rings. The van der Waals surface area contributed by atoms with Crippen LogP contribution in [0.4, 0.5) is 5.69 Å². The average Bonchev–Trinajstić information content (AvgIpc) is 3.23. The topological polar surface area (TPSA) is 91.2 Å². The Morgan fingerprint density at radius 3 is 2.67 bits per heavy atom. The Bertz CT molecular complexity index is 879. The van der Waals surface area contributed by atoms with Crippen LogP contribution in [-0.2, 0) is 0 Å². The number of benzene rings is 2. The number of carbonyl (C=O) groups is 1. The molecule has 1 N–H and O–H groups in total. The van der Waals surface area contributed by atoms with Gasteiger partial charge in [0.2, 0.25) is 0 Å². The molecule has 0 saturated carbocycles. The molecule has 1 aromatic heterocycles. The highest BCUT2D eigenvalue weighted by molar-refractivity contribution is 6.04. The lowest BCUT2D eigenvalue weighted by atomic mass is 10.2. The minimum absolute atomic E-state index is 0.219. The van der Waals surface area contributed by atoms with Gasteiger partial charge >= 0.3 is 0 Å². The fourth-order valence-electron chi connectivity index (χ4n) is 2.46. The Morgan fingerprint density at radius 2 is 2.00 bits per heavy atom. The van der Waals surface area contributed by atoms with E-state index in [1.165, 1.54) is 11.0 Å². The number of carbonyl (C=O) groups excluding carboxylic acids is 1. The van der Waals surface area contributed by atoms with E-state index in [-0.39, 0.29) is 5.91 Å². The van der Waals surface area contributed by atoms with Gasteiger partial charge in [-0.05, 0) is 59.3 Å². The molecule has 2 aromatic carbocycles. The lowest BCUT2D eigenvalue weighted by Gasteiger charge is -2.11. The second kappa shape index (κ2) is 8.79. The number of tetrazole rings is 1. The molecule has 0 aliphatic rings. The van der Waals surface area contributed by atoms with Crippen LogP contribution in [0.5, 0.6) is 11.5 Å². The second-order valence-electron chi connectivity index (χ2n) is 5.82. The van der Waals surface area contributed by atoms with E-state index in [4.69, 9.17) is 9.47 Å². The number of anilines is 1. The van der Waals surface area contributed by atoms with Crippen molar-refractivity contribution in [3.63, 3.8) is 0 Å². The van der Waals surface area contributed by atoms with E-state index < -0.39 is 0 Å². The summed E-state index contributed by atoms with van der Waals surface area (Å²) >= 11 is 0. The predicted octanol–water partition coefficient (Wildman–Crippen LogP) is 3.10. The number of methoxy groups -OCH3 is 1. The van der Waals surface area contributed by atoms with Gasteiger partial charge in [0.05, 0.1) is 13.7 Å². The van der Waals surface area contributed by atoms with Gasteiger partial charge in [-0.15, -0.1) is 5.10 Å². The van der Waals surface area contributed by atoms with E-state index in [0.717, 1.165) is 18.6 Å². The summed E-state index contributed by atoms with van der Waals surface area (Å²) in [6, 6.07) is 12.3. The van der Waals surface area contributed by atoms with Crippen molar-refractivity contribution in [3.8, 4) is 17.2 Å². The highest BCUT2D eigenvalue weighted by atomic mass is 16.5. The van der Waals surface area contributed by atoms with Crippen molar-refractivity contribution in [1.29, 1.82) is 0 Å². The molecule has 3 rings (SSSR count). The molecule has 0 spiro atoms. The molecule has 27 heavy (non-hydrogen) atoms. The van der Waals surface area contributed by atoms with Crippen molar-refractivity contribution in [2.75, 3.05) is 19.0 Å². The Morgan fingerprint density at radius 1 is 1.19 bits per heavy atom. The average molecular weight is 367 g/mol. The van der Waals surface area contributed by atoms with Crippen LogP contribution in [0.3, 0.4) is 0 Å². The van der Waals surface area contributed by atoms with Gasteiger partial charge in [-0.1, -0.05) is 13.3 Å². The monoisotopic (exact) mass is 367 g/mol. The van der Waals surface area contributed by atoms with Gasteiger partial charge in [-0.2, -0.15) is 4.68 Å². The number of ether oxygens (including phenoxy) is 2. The van der Waals surface area contributed by atoms with E-state index in [1.807, 2.05) is 0 Å². The third-order valence-electron chi connectivity index (χ3n) is 3.92. The Kier molecular flexibility index (Phi) is 5.98. The number of hydrogen-bond donors (Lipinski definition) is 1. The zero-order chi connectivity index (χ0) is 19.1. The van der Waals surface area contributed by atoms with E-state index >= 15 is 0 Å². The molecule has 0 aliphatic carbocycles. The second-order valence-corrected chi connectivity index (χ2v) is 5.82. The summed E-state index contributed by atoms with van der Waals surface area (Å²) in [5.74, 6) is 1.13. The molecule has 0 bridgehead atoms. The number of unbranched alkanes of at least 4 members (excludes halogenated alkanes) is 1. The summed E-state index contributed by atoms with van der Waals surface area (Å²) in [5, 5.41) is 14.0. The number of aromatic nitrogens is 4. The summed E-state index contributed by atoms with van der Waals surface area (Å²) in [6.45, 7) is 2.79. The molecule has 140 valence electrons. The first-order valence-corrected chi connectivity index (χ1v) is 8.67. The largest absolute Gasteiger partial charge is 0.494 e. The van der Waals surface area contributed by atoms with Gasteiger partial charge in [0.15, 0.2) is 0 Å². The first kappa shape index (κ1) is 18.4. The van der Waals surface area contributed by atoms with Gasteiger partial charge in [-0.25, -0.2) is 0 Å². The summed E-state index contributed by atoms with van der Waals surface area (Å²) in [4.78, 5) is 12.5. The van der Waals surface area contributed by atoms with Crippen molar-refractivity contribution >= 4 is 11.6 Å².